The number of nitrogens with two attached hydrogens (primary N) is 1. The summed E-state index contributed by atoms with van der Waals surface area (Å²) in [7, 11) is 0. The van der Waals surface area contributed by atoms with E-state index in [9.17, 15) is 4.39 Å². The fraction of sp³-hybridized carbons (Fsp3) is 0.250. The molecular weight excluding hydrogens is 181 g/mol. The van der Waals surface area contributed by atoms with E-state index in [2.05, 4.69) is 0 Å². The number of halogens is 2. The van der Waals surface area contributed by atoms with Gasteiger partial charge in [0, 0.05) is 6.04 Å². The van der Waals surface area contributed by atoms with Crippen molar-refractivity contribution in [3.63, 3.8) is 0 Å². The van der Waals surface area contributed by atoms with Crippen molar-refractivity contribution in [1.29, 1.82) is 0 Å². The summed E-state index contributed by atoms with van der Waals surface area (Å²) >= 11 is 5.52. The first-order chi connectivity index (χ1) is 5.52. The molecule has 0 aromatic heterocycles. The summed E-state index contributed by atoms with van der Waals surface area (Å²) in [5.74, 6) is -1.27. The van der Waals surface area contributed by atoms with E-state index in [4.69, 9.17) is 22.4 Å². The van der Waals surface area contributed by atoms with Gasteiger partial charge in [-0.25, -0.2) is 4.39 Å². The van der Waals surface area contributed by atoms with Crippen molar-refractivity contribution in [1.82, 2.24) is 0 Å². The van der Waals surface area contributed by atoms with Gasteiger partial charge in [0.2, 0.25) is 0 Å². The highest BCUT2D eigenvalue weighted by Crippen LogP contribution is 2.29. The van der Waals surface area contributed by atoms with Crippen LogP contribution in [0.15, 0.2) is 12.1 Å². The quantitative estimate of drug-likeness (QED) is 0.712. The van der Waals surface area contributed by atoms with E-state index >= 15 is 0 Å². The molecule has 1 aromatic rings. The minimum atomic E-state index is -0.741. The van der Waals surface area contributed by atoms with Gasteiger partial charge in [-0.2, -0.15) is 0 Å². The molecular formula is C8H9ClFNO. The largest absolute Gasteiger partial charge is 0.504 e. The Kier molecular flexibility index (Phi) is 2.55. The van der Waals surface area contributed by atoms with Crippen LogP contribution in [-0.4, -0.2) is 5.11 Å². The lowest BCUT2D eigenvalue weighted by Gasteiger charge is -2.07. The first-order valence-electron chi connectivity index (χ1n) is 3.46. The van der Waals surface area contributed by atoms with Crippen LogP contribution in [0.25, 0.3) is 0 Å². The van der Waals surface area contributed by atoms with Gasteiger partial charge in [0.1, 0.15) is 0 Å². The van der Waals surface area contributed by atoms with Crippen molar-refractivity contribution in [2.24, 2.45) is 5.73 Å². The lowest BCUT2D eigenvalue weighted by Crippen LogP contribution is -2.05. The summed E-state index contributed by atoms with van der Waals surface area (Å²) in [6.45, 7) is 1.71. The molecule has 4 heteroatoms. The van der Waals surface area contributed by atoms with Gasteiger partial charge in [-0.1, -0.05) is 11.6 Å². The van der Waals surface area contributed by atoms with Gasteiger partial charge in [-0.3, -0.25) is 0 Å². The van der Waals surface area contributed by atoms with Crippen LogP contribution in [0.3, 0.4) is 0 Å². The maximum atomic E-state index is 12.8. The zero-order valence-electron chi connectivity index (χ0n) is 6.51. The lowest BCUT2D eigenvalue weighted by molar-refractivity contribution is 0.431. The minimum Gasteiger partial charge on any atom is -0.504 e. The summed E-state index contributed by atoms with van der Waals surface area (Å²) in [6, 6.07) is 2.33. The molecule has 0 aliphatic carbocycles. The number of phenols is 1. The number of phenolic OH excluding ortho intramolecular Hbond substituents is 1. The van der Waals surface area contributed by atoms with Crippen molar-refractivity contribution < 1.29 is 9.50 Å². The predicted molar refractivity (Wildman–Crippen MR) is 45.7 cm³/mol. The first kappa shape index (κ1) is 9.29. The Bertz CT molecular complexity index is 278. The molecule has 1 aromatic carbocycles. The summed E-state index contributed by atoms with van der Waals surface area (Å²) in [5.41, 5.74) is 6.06. The Hall–Kier alpha value is -0.800. The van der Waals surface area contributed by atoms with Gasteiger partial charge in [-0.05, 0) is 24.6 Å². The van der Waals surface area contributed by atoms with Crippen molar-refractivity contribution in [2.45, 2.75) is 13.0 Å². The predicted octanol–water partition coefficient (Wildman–Crippen LogP) is 2.20. The van der Waals surface area contributed by atoms with E-state index in [0.29, 0.717) is 5.56 Å². The van der Waals surface area contributed by atoms with Gasteiger partial charge in [0.05, 0.1) is 5.02 Å². The maximum Gasteiger partial charge on any atom is 0.170 e. The molecule has 0 bridgehead atoms. The SMILES string of the molecule is C[C@H](N)c1cc(F)c(O)c(Cl)c1. The van der Waals surface area contributed by atoms with Crippen LogP contribution in [0, 0.1) is 5.82 Å². The zero-order chi connectivity index (χ0) is 9.30. The third-order valence-electron chi connectivity index (χ3n) is 1.57. The second kappa shape index (κ2) is 3.29. The van der Waals surface area contributed by atoms with Gasteiger partial charge >= 0.3 is 0 Å². The average molecular weight is 190 g/mol. The smallest absolute Gasteiger partial charge is 0.170 e. The second-order valence-corrected chi connectivity index (χ2v) is 3.03. The lowest BCUT2D eigenvalue weighted by atomic mass is 10.1. The third-order valence-corrected chi connectivity index (χ3v) is 1.85. The molecule has 0 spiro atoms. The molecule has 0 unspecified atom stereocenters. The van der Waals surface area contributed by atoms with Crippen molar-refractivity contribution in [2.75, 3.05) is 0 Å². The van der Waals surface area contributed by atoms with Crippen LogP contribution in [0.2, 0.25) is 5.02 Å². The van der Waals surface area contributed by atoms with Gasteiger partial charge in [-0.15, -0.1) is 0 Å². The molecule has 66 valence electrons. The van der Waals surface area contributed by atoms with Crippen molar-refractivity contribution in [3.05, 3.63) is 28.5 Å². The highest BCUT2D eigenvalue weighted by molar-refractivity contribution is 6.32. The summed E-state index contributed by atoms with van der Waals surface area (Å²) in [4.78, 5) is 0. The highest BCUT2D eigenvalue weighted by Gasteiger charge is 2.09. The fourth-order valence-electron chi connectivity index (χ4n) is 0.848. The number of benzene rings is 1. The number of aromatic hydroxyl groups is 1. The van der Waals surface area contributed by atoms with Crippen LogP contribution in [-0.2, 0) is 0 Å². The Morgan fingerprint density at radius 2 is 2.17 bits per heavy atom. The first-order valence-corrected chi connectivity index (χ1v) is 3.83. The Morgan fingerprint density at radius 3 is 2.58 bits per heavy atom. The Balaban J connectivity index is 3.21. The molecule has 0 saturated heterocycles. The van der Waals surface area contributed by atoms with Gasteiger partial charge in [0.25, 0.3) is 0 Å². The van der Waals surface area contributed by atoms with E-state index in [1.54, 1.807) is 6.92 Å². The van der Waals surface area contributed by atoms with E-state index in [-0.39, 0.29) is 11.1 Å². The average Bonchev–Trinajstić information content (AvgIpc) is 1.99. The molecule has 0 fully saturated rings. The molecule has 0 aliphatic heterocycles. The number of rotatable bonds is 1. The summed E-state index contributed by atoms with van der Waals surface area (Å²) in [5, 5.41) is 8.95. The van der Waals surface area contributed by atoms with Crippen molar-refractivity contribution >= 4 is 11.6 Å². The van der Waals surface area contributed by atoms with Crippen LogP contribution in [0.5, 0.6) is 5.75 Å². The zero-order valence-corrected chi connectivity index (χ0v) is 7.27. The molecule has 0 heterocycles. The van der Waals surface area contributed by atoms with Crippen molar-refractivity contribution in [3.8, 4) is 5.75 Å². The number of hydrogen-bond acceptors (Lipinski definition) is 2. The summed E-state index contributed by atoms with van der Waals surface area (Å²) < 4.78 is 12.8. The standard InChI is InChI=1S/C8H9ClFNO/c1-4(11)5-2-6(9)8(12)7(10)3-5/h2-4,12H,11H2,1H3/t4-/m0/s1. The molecule has 0 saturated carbocycles. The van der Waals surface area contributed by atoms with Crippen LogP contribution >= 0.6 is 11.6 Å². The Labute approximate surface area is 74.8 Å². The fourth-order valence-corrected chi connectivity index (χ4v) is 1.06. The van der Waals surface area contributed by atoms with E-state index in [1.165, 1.54) is 12.1 Å². The van der Waals surface area contributed by atoms with E-state index in [0.717, 1.165) is 0 Å². The highest BCUT2D eigenvalue weighted by atomic mass is 35.5. The van der Waals surface area contributed by atoms with Crippen LogP contribution in [0.1, 0.15) is 18.5 Å². The molecule has 1 atom stereocenters. The molecule has 0 aliphatic rings. The topological polar surface area (TPSA) is 46.2 Å². The van der Waals surface area contributed by atoms with Gasteiger partial charge < -0.3 is 10.8 Å². The molecule has 12 heavy (non-hydrogen) atoms. The van der Waals surface area contributed by atoms with E-state index < -0.39 is 11.6 Å². The molecule has 2 nitrogen and oxygen atoms in total. The molecule has 3 N–H and O–H groups in total. The Morgan fingerprint density at radius 1 is 1.58 bits per heavy atom. The maximum absolute atomic E-state index is 12.8. The van der Waals surface area contributed by atoms with Crippen LogP contribution in [0.4, 0.5) is 4.39 Å². The minimum absolute atomic E-state index is 0.0118. The van der Waals surface area contributed by atoms with Crippen LogP contribution < -0.4 is 5.73 Å². The number of hydrogen-bond donors (Lipinski definition) is 2. The normalized spacial score (nSPS) is 13.0. The second-order valence-electron chi connectivity index (χ2n) is 2.62. The van der Waals surface area contributed by atoms with E-state index in [1.807, 2.05) is 0 Å². The molecule has 1 rings (SSSR count). The molecule has 0 radical (unpaired) electrons. The third kappa shape index (κ3) is 1.68. The van der Waals surface area contributed by atoms with Gasteiger partial charge in [0.15, 0.2) is 11.6 Å². The summed E-state index contributed by atoms with van der Waals surface area (Å²) in [6.07, 6.45) is 0. The monoisotopic (exact) mass is 189 g/mol. The molecule has 0 amide bonds.